The van der Waals surface area contributed by atoms with Gasteiger partial charge < -0.3 is 11.1 Å². The Morgan fingerprint density at radius 3 is 2.67 bits per heavy atom. The fraction of sp³-hybridized carbons (Fsp3) is 0. The number of hydrogen-bond donors (Lipinski definition) is 2. The van der Waals surface area contributed by atoms with Crippen molar-refractivity contribution in [2.75, 3.05) is 11.1 Å². The number of nitrogen functional groups attached to an aromatic ring is 1. The first-order chi connectivity index (χ1) is 8.56. The minimum atomic E-state index is -0.413. The molecule has 0 fully saturated rings. The van der Waals surface area contributed by atoms with Gasteiger partial charge in [-0.15, -0.1) is 0 Å². The maximum absolute atomic E-state index is 11.9. The largest absolute Gasteiger partial charge is 0.384 e. The zero-order chi connectivity index (χ0) is 13.1. The van der Waals surface area contributed by atoms with Gasteiger partial charge >= 0.3 is 0 Å². The van der Waals surface area contributed by atoms with E-state index in [1.54, 1.807) is 12.1 Å². The number of amides is 1. The van der Waals surface area contributed by atoms with Gasteiger partial charge in [0.1, 0.15) is 11.6 Å². The fourth-order valence-electron chi connectivity index (χ4n) is 1.26. The SMILES string of the molecule is Nc1cc(C(=O)Nc2ccc(Cl)cn2)c(Cl)cn1. The van der Waals surface area contributed by atoms with Crippen LogP contribution in [0, 0.1) is 0 Å². The summed E-state index contributed by atoms with van der Waals surface area (Å²) >= 11 is 11.6. The number of hydrogen-bond acceptors (Lipinski definition) is 4. The number of nitrogens with one attached hydrogen (secondary N) is 1. The molecule has 0 saturated heterocycles. The summed E-state index contributed by atoms with van der Waals surface area (Å²) in [5.74, 6) is 0.174. The van der Waals surface area contributed by atoms with Gasteiger partial charge in [0.2, 0.25) is 0 Å². The van der Waals surface area contributed by atoms with Crippen LogP contribution in [-0.2, 0) is 0 Å². The summed E-state index contributed by atoms with van der Waals surface area (Å²) < 4.78 is 0. The molecule has 1 amide bonds. The van der Waals surface area contributed by atoms with Crippen LogP contribution in [-0.4, -0.2) is 15.9 Å². The molecule has 2 rings (SSSR count). The molecule has 92 valence electrons. The lowest BCUT2D eigenvalue weighted by Gasteiger charge is -2.06. The van der Waals surface area contributed by atoms with Crippen LogP contribution < -0.4 is 11.1 Å². The predicted octanol–water partition coefficient (Wildman–Crippen LogP) is 2.62. The van der Waals surface area contributed by atoms with E-state index in [1.807, 2.05) is 0 Å². The lowest BCUT2D eigenvalue weighted by molar-refractivity contribution is 0.102. The molecule has 0 spiro atoms. The molecular formula is C11H8Cl2N4O. The standard InChI is InChI=1S/C11H8Cl2N4O/c12-6-1-2-10(16-4-6)17-11(18)7-3-9(14)15-5-8(7)13/h1-5H,(H2,14,15)(H,16,17,18). The van der Waals surface area contributed by atoms with E-state index in [9.17, 15) is 4.79 Å². The number of rotatable bonds is 2. The van der Waals surface area contributed by atoms with Crippen molar-refractivity contribution < 1.29 is 4.79 Å². The van der Waals surface area contributed by atoms with Crippen molar-refractivity contribution in [2.45, 2.75) is 0 Å². The molecule has 0 aromatic carbocycles. The van der Waals surface area contributed by atoms with Gasteiger partial charge in [0.25, 0.3) is 5.91 Å². The van der Waals surface area contributed by atoms with Crippen molar-refractivity contribution >= 4 is 40.7 Å². The summed E-state index contributed by atoms with van der Waals surface area (Å²) in [5, 5.41) is 3.28. The second-order valence-electron chi connectivity index (χ2n) is 3.40. The number of nitrogens with zero attached hydrogens (tertiary/aromatic N) is 2. The predicted molar refractivity (Wildman–Crippen MR) is 70.9 cm³/mol. The number of anilines is 2. The van der Waals surface area contributed by atoms with Gasteiger partial charge in [-0.05, 0) is 18.2 Å². The van der Waals surface area contributed by atoms with Crippen molar-refractivity contribution in [3.8, 4) is 0 Å². The van der Waals surface area contributed by atoms with Crippen molar-refractivity contribution in [1.82, 2.24) is 9.97 Å². The summed E-state index contributed by atoms with van der Waals surface area (Å²) in [5.41, 5.74) is 5.73. The molecule has 0 aliphatic heterocycles. The quantitative estimate of drug-likeness (QED) is 0.887. The van der Waals surface area contributed by atoms with Crippen molar-refractivity contribution in [1.29, 1.82) is 0 Å². The molecule has 0 saturated carbocycles. The normalized spacial score (nSPS) is 10.1. The Bertz CT molecular complexity index is 586. The Labute approximate surface area is 113 Å². The topological polar surface area (TPSA) is 80.9 Å². The third kappa shape index (κ3) is 2.88. The van der Waals surface area contributed by atoms with Crippen molar-refractivity contribution in [2.24, 2.45) is 0 Å². The first-order valence-corrected chi connectivity index (χ1v) is 5.66. The molecule has 3 N–H and O–H groups in total. The van der Waals surface area contributed by atoms with Gasteiger partial charge in [0.15, 0.2) is 0 Å². The third-order valence-corrected chi connectivity index (χ3v) is 2.61. The van der Waals surface area contributed by atoms with Crippen LogP contribution in [0.5, 0.6) is 0 Å². The monoisotopic (exact) mass is 282 g/mol. The van der Waals surface area contributed by atoms with E-state index < -0.39 is 5.91 Å². The fourth-order valence-corrected chi connectivity index (χ4v) is 1.56. The first kappa shape index (κ1) is 12.6. The lowest BCUT2D eigenvalue weighted by atomic mass is 10.2. The maximum atomic E-state index is 11.9. The van der Waals surface area contributed by atoms with Crippen LogP contribution >= 0.6 is 23.2 Å². The zero-order valence-corrected chi connectivity index (χ0v) is 10.5. The van der Waals surface area contributed by atoms with E-state index in [4.69, 9.17) is 28.9 Å². The van der Waals surface area contributed by atoms with Crippen LogP contribution in [0.1, 0.15) is 10.4 Å². The third-order valence-electron chi connectivity index (χ3n) is 2.09. The minimum absolute atomic E-state index is 0.216. The Kier molecular flexibility index (Phi) is 3.64. The Morgan fingerprint density at radius 2 is 2.00 bits per heavy atom. The summed E-state index contributed by atoms with van der Waals surface area (Å²) in [6.07, 6.45) is 2.75. The summed E-state index contributed by atoms with van der Waals surface area (Å²) in [6.45, 7) is 0. The van der Waals surface area contributed by atoms with Gasteiger partial charge in [-0.25, -0.2) is 9.97 Å². The van der Waals surface area contributed by atoms with Crippen molar-refractivity contribution in [3.63, 3.8) is 0 Å². The number of carbonyl (C=O) groups is 1. The van der Waals surface area contributed by atoms with Gasteiger partial charge in [-0.1, -0.05) is 23.2 Å². The highest BCUT2D eigenvalue weighted by molar-refractivity contribution is 6.34. The summed E-state index contributed by atoms with van der Waals surface area (Å²) in [7, 11) is 0. The molecule has 5 nitrogen and oxygen atoms in total. The van der Waals surface area contributed by atoms with Gasteiger partial charge in [-0.3, -0.25) is 4.79 Å². The highest BCUT2D eigenvalue weighted by Gasteiger charge is 2.12. The van der Waals surface area contributed by atoms with Crippen LogP contribution in [0.25, 0.3) is 0 Å². The van der Waals surface area contributed by atoms with E-state index >= 15 is 0 Å². The summed E-state index contributed by atoms with van der Waals surface area (Å²) in [6, 6.07) is 4.60. The Balaban J connectivity index is 2.21. The van der Waals surface area contributed by atoms with Gasteiger partial charge in [-0.2, -0.15) is 0 Å². The minimum Gasteiger partial charge on any atom is -0.384 e. The second kappa shape index (κ2) is 5.20. The molecular weight excluding hydrogens is 275 g/mol. The molecule has 18 heavy (non-hydrogen) atoms. The number of carbonyl (C=O) groups excluding carboxylic acids is 1. The molecule has 0 aliphatic carbocycles. The molecule has 0 atom stereocenters. The Morgan fingerprint density at radius 1 is 1.22 bits per heavy atom. The second-order valence-corrected chi connectivity index (χ2v) is 4.25. The molecule has 0 aliphatic rings. The number of aromatic nitrogens is 2. The van der Waals surface area contributed by atoms with E-state index in [1.165, 1.54) is 18.5 Å². The Hall–Kier alpha value is -1.85. The number of halogens is 2. The molecule has 0 radical (unpaired) electrons. The van der Waals surface area contributed by atoms with Gasteiger partial charge in [0, 0.05) is 12.4 Å². The molecule has 2 aromatic heterocycles. The molecule has 2 aromatic rings. The average Bonchev–Trinajstić information content (AvgIpc) is 2.35. The number of nitrogens with two attached hydrogens (primary N) is 1. The van der Waals surface area contributed by atoms with E-state index in [-0.39, 0.29) is 16.4 Å². The van der Waals surface area contributed by atoms with E-state index in [0.717, 1.165) is 0 Å². The van der Waals surface area contributed by atoms with Crippen LogP contribution in [0.4, 0.5) is 11.6 Å². The van der Waals surface area contributed by atoms with Crippen molar-refractivity contribution in [3.05, 3.63) is 46.2 Å². The maximum Gasteiger partial charge on any atom is 0.258 e. The van der Waals surface area contributed by atoms with Crippen LogP contribution in [0.15, 0.2) is 30.6 Å². The molecule has 2 heterocycles. The zero-order valence-electron chi connectivity index (χ0n) is 9.02. The van der Waals surface area contributed by atoms with E-state index in [0.29, 0.717) is 10.8 Å². The smallest absolute Gasteiger partial charge is 0.258 e. The number of pyridine rings is 2. The van der Waals surface area contributed by atoms with E-state index in [2.05, 4.69) is 15.3 Å². The lowest BCUT2D eigenvalue weighted by Crippen LogP contribution is -2.14. The molecule has 0 bridgehead atoms. The highest BCUT2D eigenvalue weighted by atomic mass is 35.5. The molecule has 0 unspecified atom stereocenters. The van der Waals surface area contributed by atoms with Crippen LogP contribution in [0.3, 0.4) is 0 Å². The average molecular weight is 283 g/mol. The highest BCUT2D eigenvalue weighted by Crippen LogP contribution is 2.18. The molecule has 7 heteroatoms. The first-order valence-electron chi connectivity index (χ1n) is 4.90. The summed E-state index contributed by atoms with van der Waals surface area (Å²) in [4.78, 5) is 19.6. The van der Waals surface area contributed by atoms with Gasteiger partial charge in [0.05, 0.1) is 15.6 Å². The van der Waals surface area contributed by atoms with Crippen LogP contribution in [0.2, 0.25) is 10.0 Å².